The highest BCUT2D eigenvalue weighted by Crippen LogP contribution is 2.49. The Kier molecular flexibility index (Phi) is 4.31. The zero-order chi connectivity index (χ0) is 14.2. The van der Waals surface area contributed by atoms with E-state index in [-0.39, 0.29) is 0 Å². The fourth-order valence-electron chi connectivity index (χ4n) is 4.14. The van der Waals surface area contributed by atoms with Crippen LogP contribution in [0.4, 0.5) is 0 Å². The summed E-state index contributed by atoms with van der Waals surface area (Å²) in [5, 5.41) is 4.91. The second-order valence-electron chi connectivity index (χ2n) is 6.66. The molecule has 1 saturated carbocycles. The number of hydrogen-bond donors (Lipinski definition) is 1. The van der Waals surface area contributed by atoms with Crippen molar-refractivity contribution in [2.24, 2.45) is 11.8 Å². The summed E-state index contributed by atoms with van der Waals surface area (Å²) in [5.74, 6) is 1.60. The quantitative estimate of drug-likeness (QED) is 0.805. The molecule has 1 aliphatic heterocycles. The van der Waals surface area contributed by atoms with Gasteiger partial charge in [-0.05, 0) is 80.1 Å². The molecule has 0 amide bonds. The van der Waals surface area contributed by atoms with Crippen LogP contribution in [0.1, 0.15) is 44.6 Å². The molecule has 0 spiro atoms. The lowest BCUT2D eigenvalue weighted by Gasteiger charge is -2.44. The van der Waals surface area contributed by atoms with Crippen molar-refractivity contribution in [1.29, 1.82) is 0 Å². The smallest absolute Gasteiger partial charge is 0.0595 e. The van der Waals surface area contributed by atoms with E-state index in [9.17, 15) is 0 Å². The minimum Gasteiger partial charge on any atom is -0.316 e. The fourth-order valence-corrected chi connectivity index (χ4v) is 4.44. The summed E-state index contributed by atoms with van der Waals surface area (Å²) in [6.45, 7) is 4.68. The van der Waals surface area contributed by atoms with Gasteiger partial charge < -0.3 is 5.32 Å². The van der Waals surface area contributed by atoms with E-state index < -0.39 is 0 Å². The fraction of sp³-hybridized carbons (Fsp3) is 0.647. The van der Waals surface area contributed by atoms with Gasteiger partial charge in [-0.25, -0.2) is 0 Å². The molecule has 1 atom stereocenters. The third-order valence-electron chi connectivity index (χ3n) is 5.50. The molecule has 1 aromatic rings. The highest BCUT2D eigenvalue weighted by Gasteiger charge is 2.43. The van der Waals surface area contributed by atoms with E-state index in [2.05, 4.69) is 24.4 Å². The van der Waals surface area contributed by atoms with Crippen LogP contribution in [0.25, 0.3) is 0 Å². The molecule has 1 aliphatic carbocycles. The Morgan fingerprint density at radius 1 is 1.10 bits per heavy atom. The maximum atomic E-state index is 6.28. The molecule has 1 nitrogen and oxygen atoms in total. The summed E-state index contributed by atoms with van der Waals surface area (Å²) in [6, 6.07) is 6.31. The first-order valence-corrected chi connectivity index (χ1v) is 8.54. The first kappa shape index (κ1) is 14.7. The second-order valence-corrected chi connectivity index (χ2v) is 7.47. The molecular weight excluding hydrogens is 289 g/mol. The van der Waals surface area contributed by atoms with Crippen molar-refractivity contribution in [3.8, 4) is 0 Å². The Balaban J connectivity index is 1.97. The van der Waals surface area contributed by atoms with Crippen molar-refractivity contribution in [1.82, 2.24) is 5.32 Å². The van der Waals surface area contributed by atoms with Crippen molar-refractivity contribution >= 4 is 23.2 Å². The zero-order valence-electron chi connectivity index (χ0n) is 12.1. The van der Waals surface area contributed by atoms with Crippen LogP contribution in [0, 0.1) is 11.8 Å². The van der Waals surface area contributed by atoms with Crippen LogP contribution in [0.5, 0.6) is 0 Å². The third-order valence-corrected chi connectivity index (χ3v) is 6.24. The highest BCUT2D eigenvalue weighted by molar-refractivity contribution is 6.42. The average molecular weight is 312 g/mol. The van der Waals surface area contributed by atoms with Crippen LogP contribution in [0.15, 0.2) is 18.2 Å². The Morgan fingerprint density at radius 2 is 1.85 bits per heavy atom. The van der Waals surface area contributed by atoms with Crippen molar-refractivity contribution in [3.05, 3.63) is 33.8 Å². The molecule has 3 heteroatoms. The molecule has 2 aliphatic rings. The van der Waals surface area contributed by atoms with Crippen molar-refractivity contribution in [3.63, 3.8) is 0 Å². The largest absolute Gasteiger partial charge is 0.316 e. The van der Waals surface area contributed by atoms with Gasteiger partial charge in [0.2, 0.25) is 0 Å². The Hall–Kier alpha value is -0.240. The van der Waals surface area contributed by atoms with Crippen molar-refractivity contribution < 1.29 is 0 Å². The standard InChI is InChI=1S/C17H23Cl2N/c1-12-4-7-17(8-5-12,14-6-9-20-11-14)13-2-3-15(18)16(19)10-13/h2-3,10,12,14,20H,4-9,11H2,1H3. The van der Waals surface area contributed by atoms with Crippen LogP contribution in [-0.2, 0) is 5.41 Å². The molecule has 1 heterocycles. The summed E-state index contributed by atoms with van der Waals surface area (Å²) < 4.78 is 0. The number of hydrogen-bond acceptors (Lipinski definition) is 1. The summed E-state index contributed by atoms with van der Waals surface area (Å²) in [4.78, 5) is 0. The van der Waals surface area contributed by atoms with Gasteiger partial charge in [-0.3, -0.25) is 0 Å². The van der Waals surface area contributed by atoms with E-state index in [4.69, 9.17) is 23.2 Å². The number of halogens is 2. The third kappa shape index (κ3) is 2.61. The first-order chi connectivity index (χ1) is 9.62. The lowest BCUT2D eigenvalue weighted by Crippen LogP contribution is -2.40. The van der Waals surface area contributed by atoms with Gasteiger partial charge in [0.05, 0.1) is 10.0 Å². The summed E-state index contributed by atoms with van der Waals surface area (Å²) in [7, 11) is 0. The van der Waals surface area contributed by atoms with Gasteiger partial charge in [-0.1, -0.05) is 36.2 Å². The highest BCUT2D eigenvalue weighted by atomic mass is 35.5. The molecule has 0 aromatic heterocycles. The lowest BCUT2D eigenvalue weighted by atomic mass is 9.60. The molecule has 1 N–H and O–H groups in total. The molecule has 1 saturated heterocycles. The van der Waals surface area contributed by atoms with Gasteiger partial charge in [0.25, 0.3) is 0 Å². The lowest BCUT2D eigenvalue weighted by molar-refractivity contribution is 0.171. The topological polar surface area (TPSA) is 12.0 Å². The van der Waals surface area contributed by atoms with E-state index in [1.807, 2.05) is 6.07 Å². The Labute approximate surface area is 132 Å². The molecule has 20 heavy (non-hydrogen) atoms. The molecule has 1 unspecified atom stereocenters. The second kappa shape index (κ2) is 5.87. The Bertz CT molecular complexity index is 472. The predicted octanol–water partition coefficient (Wildman–Crippen LogP) is 5.05. The maximum absolute atomic E-state index is 6.28. The number of benzene rings is 1. The minimum absolute atomic E-state index is 0.310. The van der Waals surface area contributed by atoms with Gasteiger partial charge in [-0.15, -0.1) is 0 Å². The minimum atomic E-state index is 0.310. The summed E-state index contributed by atoms with van der Waals surface area (Å²) in [5.41, 5.74) is 1.72. The molecule has 1 aromatic carbocycles. The molecular formula is C17H23Cl2N. The zero-order valence-corrected chi connectivity index (χ0v) is 13.6. The molecule has 2 fully saturated rings. The monoisotopic (exact) mass is 311 g/mol. The van der Waals surface area contributed by atoms with E-state index in [0.29, 0.717) is 15.5 Å². The maximum Gasteiger partial charge on any atom is 0.0595 e. The van der Waals surface area contributed by atoms with E-state index in [1.54, 1.807) is 0 Å². The molecule has 0 radical (unpaired) electrons. The van der Waals surface area contributed by atoms with Gasteiger partial charge >= 0.3 is 0 Å². The first-order valence-electron chi connectivity index (χ1n) is 7.78. The normalized spacial score (nSPS) is 34.4. The van der Waals surface area contributed by atoms with Crippen LogP contribution >= 0.6 is 23.2 Å². The van der Waals surface area contributed by atoms with E-state index in [1.165, 1.54) is 37.7 Å². The van der Waals surface area contributed by atoms with E-state index in [0.717, 1.165) is 24.9 Å². The van der Waals surface area contributed by atoms with Crippen LogP contribution in [-0.4, -0.2) is 13.1 Å². The molecule has 110 valence electrons. The SMILES string of the molecule is CC1CCC(c2ccc(Cl)c(Cl)c2)(C2CCNC2)CC1. The van der Waals surface area contributed by atoms with Gasteiger partial charge in [0, 0.05) is 0 Å². The van der Waals surface area contributed by atoms with Crippen LogP contribution < -0.4 is 5.32 Å². The molecule has 3 rings (SSSR count). The Morgan fingerprint density at radius 3 is 2.45 bits per heavy atom. The van der Waals surface area contributed by atoms with Gasteiger partial charge in [0.1, 0.15) is 0 Å². The summed E-state index contributed by atoms with van der Waals surface area (Å²) >= 11 is 12.4. The van der Waals surface area contributed by atoms with Crippen LogP contribution in [0.3, 0.4) is 0 Å². The predicted molar refractivity (Wildman–Crippen MR) is 86.7 cm³/mol. The average Bonchev–Trinajstić information content (AvgIpc) is 2.98. The van der Waals surface area contributed by atoms with Crippen LogP contribution in [0.2, 0.25) is 10.0 Å². The molecule has 0 bridgehead atoms. The van der Waals surface area contributed by atoms with Crippen molar-refractivity contribution in [2.75, 3.05) is 13.1 Å². The number of rotatable bonds is 2. The van der Waals surface area contributed by atoms with Crippen molar-refractivity contribution in [2.45, 2.75) is 44.4 Å². The number of nitrogens with one attached hydrogen (secondary N) is 1. The van der Waals surface area contributed by atoms with E-state index >= 15 is 0 Å². The summed E-state index contributed by atoms with van der Waals surface area (Å²) in [6.07, 6.45) is 6.53. The van der Waals surface area contributed by atoms with Gasteiger partial charge in [-0.2, -0.15) is 0 Å². The van der Waals surface area contributed by atoms with Gasteiger partial charge in [0.15, 0.2) is 0 Å².